The van der Waals surface area contributed by atoms with Crippen LogP contribution < -0.4 is 5.32 Å². The molecule has 3 aliphatic rings. The van der Waals surface area contributed by atoms with Gasteiger partial charge < -0.3 is 15.0 Å². The summed E-state index contributed by atoms with van der Waals surface area (Å²) in [6.45, 7) is 1.69. The number of nitrogens with one attached hydrogen (secondary N) is 1. The average molecular weight is 392 g/mol. The third-order valence-electron chi connectivity index (χ3n) is 6.60. The van der Waals surface area contributed by atoms with Gasteiger partial charge in [-0.3, -0.25) is 9.59 Å². The number of amides is 2. The molecule has 1 aromatic carbocycles. The fourth-order valence-electron chi connectivity index (χ4n) is 4.97. The Hall–Kier alpha value is -2.02. The number of halogens is 2. The van der Waals surface area contributed by atoms with Crippen molar-refractivity contribution in [2.45, 2.75) is 44.6 Å². The van der Waals surface area contributed by atoms with Gasteiger partial charge in [-0.25, -0.2) is 8.78 Å². The van der Waals surface area contributed by atoms with Gasteiger partial charge >= 0.3 is 0 Å². The molecular weight excluding hydrogens is 366 g/mol. The molecule has 1 N–H and O–H groups in total. The maximum Gasteiger partial charge on any atom is 0.256 e. The Kier molecular flexibility index (Phi) is 5.36. The van der Waals surface area contributed by atoms with Crippen molar-refractivity contribution in [1.29, 1.82) is 0 Å². The molecule has 1 aromatic rings. The Morgan fingerprint density at radius 3 is 2.57 bits per heavy atom. The van der Waals surface area contributed by atoms with E-state index in [0.717, 1.165) is 43.9 Å². The fourth-order valence-corrected chi connectivity index (χ4v) is 4.97. The van der Waals surface area contributed by atoms with E-state index in [1.165, 1.54) is 4.90 Å². The van der Waals surface area contributed by atoms with Crippen LogP contribution in [0, 0.1) is 23.0 Å². The van der Waals surface area contributed by atoms with Crippen LogP contribution in [0.5, 0.6) is 0 Å². The first kappa shape index (κ1) is 19.3. The number of hydrogen-bond donors (Lipinski definition) is 1. The van der Waals surface area contributed by atoms with Gasteiger partial charge in [0.1, 0.15) is 11.6 Å². The molecule has 0 aromatic heterocycles. The normalized spacial score (nSPS) is 24.6. The van der Waals surface area contributed by atoms with E-state index in [1.54, 1.807) is 0 Å². The van der Waals surface area contributed by atoms with Crippen molar-refractivity contribution in [3.63, 3.8) is 0 Å². The molecule has 2 amide bonds. The Balaban J connectivity index is 1.56. The van der Waals surface area contributed by atoms with E-state index in [1.807, 2.05) is 0 Å². The summed E-state index contributed by atoms with van der Waals surface area (Å²) in [7, 11) is 0. The quantitative estimate of drug-likeness (QED) is 0.861. The zero-order valence-corrected chi connectivity index (χ0v) is 15.9. The number of benzene rings is 1. The summed E-state index contributed by atoms with van der Waals surface area (Å²) in [5.41, 5.74) is -0.639. The molecule has 1 spiro atoms. The zero-order valence-electron chi connectivity index (χ0n) is 15.9. The summed E-state index contributed by atoms with van der Waals surface area (Å²) in [6, 6.07) is 3.09. The average Bonchev–Trinajstić information content (AvgIpc) is 3.32. The van der Waals surface area contributed by atoms with Gasteiger partial charge in [-0.05, 0) is 43.9 Å². The molecule has 28 heavy (non-hydrogen) atoms. The van der Waals surface area contributed by atoms with E-state index in [2.05, 4.69) is 5.32 Å². The largest absolute Gasteiger partial charge is 0.381 e. The fraction of sp³-hybridized carbons (Fsp3) is 0.619. The second-order valence-electron chi connectivity index (χ2n) is 8.33. The summed E-state index contributed by atoms with van der Waals surface area (Å²) in [5.74, 6) is -2.33. The van der Waals surface area contributed by atoms with E-state index in [9.17, 15) is 18.4 Å². The van der Waals surface area contributed by atoms with Crippen molar-refractivity contribution in [3.05, 3.63) is 35.4 Å². The van der Waals surface area contributed by atoms with Crippen LogP contribution in [0.3, 0.4) is 0 Å². The number of likely N-dealkylation sites (tertiary alicyclic amines) is 1. The van der Waals surface area contributed by atoms with Gasteiger partial charge in [-0.2, -0.15) is 0 Å². The standard InChI is InChI=1S/C21H26F2N2O3/c22-14-5-6-18(23)16(11-14)20(27)25-12-17(19(26)24-15-3-1-2-4-15)21(13-25)7-9-28-10-8-21/h5-6,11,15,17H,1-4,7-10,12-13H2,(H,24,26). The summed E-state index contributed by atoms with van der Waals surface area (Å²) < 4.78 is 33.2. The molecule has 0 bridgehead atoms. The van der Waals surface area contributed by atoms with E-state index in [0.29, 0.717) is 32.6 Å². The van der Waals surface area contributed by atoms with Gasteiger partial charge in [0.15, 0.2) is 0 Å². The lowest BCUT2D eigenvalue weighted by Gasteiger charge is -2.37. The lowest BCUT2D eigenvalue weighted by atomic mass is 9.71. The van der Waals surface area contributed by atoms with Crippen molar-refractivity contribution in [2.24, 2.45) is 11.3 Å². The summed E-state index contributed by atoms with van der Waals surface area (Å²) in [5, 5.41) is 3.16. The Morgan fingerprint density at radius 2 is 1.86 bits per heavy atom. The SMILES string of the molecule is O=C(NC1CCCC1)C1CN(C(=O)c2cc(F)ccc2F)CC12CCOCC2. The molecule has 1 unspecified atom stereocenters. The van der Waals surface area contributed by atoms with E-state index >= 15 is 0 Å². The van der Waals surface area contributed by atoms with Crippen molar-refractivity contribution in [1.82, 2.24) is 10.2 Å². The molecule has 1 atom stereocenters. The number of ether oxygens (including phenoxy) is 1. The molecule has 1 saturated carbocycles. The first-order valence-electron chi connectivity index (χ1n) is 10.1. The minimum Gasteiger partial charge on any atom is -0.381 e. The Morgan fingerprint density at radius 1 is 1.14 bits per heavy atom. The molecule has 2 aliphatic heterocycles. The summed E-state index contributed by atoms with van der Waals surface area (Å²) in [6.07, 6.45) is 5.60. The van der Waals surface area contributed by atoms with Crippen molar-refractivity contribution in [3.8, 4) is 0 Å². The van der Waals surface area contributed by atoms with Crippen molar-refractivity contribution >= 4 is 11.8 Å². The van der Waals surface area contributed by atoms with E-state index < -0.39 is 17.5 Å². The number of carbonyl (C=O) groups is 2. The molecule has 7 heteroatoms. The van der Waals surface area contributed by atoms with E-state index in [-0.39, 0.29) is 35.4 Å². The molecule has 0 radical (unpaired) electrons. The molecule has 1 aliphatic carbocycles. The number of nitrogens with zero attached hydrogens (tertiary/aromatic N) is 1. The minimum absolute atomic E-state index is 0.0242. The summed E-state index contributed by atoms with van der Waals surface area (Å²) >= 11 is 0. The van der Waals surface area contributed by atoms with Crippen LogP contribution in [0.15, 0.2) is 18.2 Å². The van der Waals surface area contributed by atoms with Crippen LogP contribution >= 0.6 is 0 Å². The first-order valence-corrected chi connectivity index (χ1v) is 10.1. The molecule has 5 nitrogen and oxygen atoms in total. The van der Waals surface area contributed by atoms with Gasteiger partial charge in [0, 0.05) is 37.8 Å². The van der Waals surface area contributed by atoms with Crippen LogP contribution in [0.2, 0.25) is 0 Å². The molecule has 2 saturated heterocycles. The molecule has 3 fully saturated rings. The molecule has 4 rings (SSSR count). The van der Waals surface area contributed by atoms with Crippen molar-refractivity contribution < 1.29 is 23.1 Å². The summed E-state index contributed by atoms with van der Waals surface area (Å²) in [4.78, 5) is 27.5. The lowest BCUT2D eigenvalue weighted by molar-refractivity contribution is -0.130. The highest BCUT2D eigenvalue weighted by molar-refractivity contribution is 5.95. The smallest absolute Gasteiger partial charge is 0.256 e. The van der Waals surface area contributed by atoms with Gasteiger partial charge in [0.25, 0.3) is 5.91 Å². The predicted octanol–water partition coefficient (Wildman–Crippen LogP) is 2.89. The molecule has 2 heterocycles. The maximum absolute atomic E-state index is 14.1. The highest BCUT2D eigenvalue weighted by atomic mass is 19.1. The number of rotatable bonds is 3. The topological polar surface area (TPSA) is 58.6 Å². The molecule has 152 valence electrons. The van der Waals surface area contributed by atoms with Crippen LogP contribution in [-0.4, -0.2) is 49.1 Å². The third-order valence-corrected chi connectivity index (χ3v) is 6.60. The minimum atomic E-state index is -0.744. The zero-order chi connectivity index (χ0) is 19.7. The Labute approximate surface area is 163 Å². The van der Waals surface area contributed by atoms with Crippen LogP contribution in [0.25, 0.3) is 0 Å². The number of carbonyl (C=O) groups excluding carboxylic acids is 2. The van der Waals surface area contributed by atoms with Gasteiger partial charge in [-0.15, -0.1) is 0 Å². The van der Waals surface area contributed by atoms with Crippen molar-refractivity contribution in [2.75, 3.05) is 26.3 Å². The van der Waals surface area contributed by atoms with Crippen LogP contribution in [-0.2, 0) is 9.53 Å². The maximum atomic E-state index is 14.1. The van der Waals surface area contributed by atoms with E-state index in [4.69, 9.17) is 4.74 Å². The van der Waals surface area contributed by atoms with Gasteiger partial charge in [0.2, 0.25) is 5.91 Å². The van der Waals surface area contributed by atoms with Gasteiger partial charge in [0.05, 0.1) is 11.5 Å². The third kappa shape index (κ3) is 3.64. The second-order valence-corrected chi connectivity index (χ2v) is 8.33. The lowest BCUT2D eigenvalue weighted by Crippen LogP contribution is -2.46. The van der Waals surface area contributed by atoms with Crippen LogP contribution in [0.1, 0.15) is 48.9 Å². The van der Waals surface area contributed by atoms with Crippen LogP contribution in [0.4, 0.5) is 8.78 Å². The predicted molar refractivity (Wildman–Crippen MR) is 98.6 cm³/mol. The highest BCUT2D eigenvalue weighted by Crippen LogP contribution is 2.45. The highest BCUT2D eigenvalue weighted by Gasteiger charge is 2.52. The second kappa shape index (κ2) is 7.78. The monoisotopic (exact) mass is 392 g/mol. The number of hydrogen-bond acceptors (Lipinski definition) is 3. The first-order chi connectivity index (χ1) is 13.5. The van der Waals surface area contributed by atoms with Gasteiger partial charge in [-0.1, -0.05) is 12.8 Å². The Bertz CT molecular complexity index is 758. The molecular formula is C21H26F2N2O3.